The molecule has 0 saturated heterocycles. The van der Waals surface area contributed by atoms with Crippen molar-refractivity contribution < 1.29 is 14.3 Å². The fourth-order valence-electron chi connectivity index (χ4n) is 2.24. The molecule has 0 bridgehead atoms. The highest BCUT2D eigenvalue weighted by molar-refractivity contribution is 5.69. The van der Waals surface area contributed by atoms with Gasteiger partial charge in [-0.25, -0.2) is 0 Å². The Morgan fingerprint density at radius 3 is 2.40 bits per heavy atom. The van der Waals surface area contributed by atoms with Crippen LogP contribution in [0.25, 0.3) is 0 Å². The van der Waals surface area contributed by atoms with E-state index < -0.39 is 0 Å². The number of ether oxygens (including phenoxy) is 2. The minimum absolute atomic E-state index is 0.0105. The molecule has 0 aliphatic rings. The van der Waals surface area contributed by atoms with Gasteiger partial charge < -0.3 is 9.47 Å². The van der Waals surface area contributed by atoms with E-state index in [9.17, 15) is 4.79 Å². The van der Waals surface area contributed by atoms with Gasteiger partial charge in [0, 0.05) is 12.0 Å². The Morgan fingerprint density at radius 2 is 1.90 bits per heavy atom. The van der Waals surface area contributed by atoms with Crippen LogP contribution in [0.2, 0.25) is 0 Å². The Morgan fingerprint density at radius 1 is 1.25 bits per heavy atom. The van der Waals surface area contributed by atoms with Crippen LogP contribution in [0, 0.1) is 6.92 Å². The first-order chi connectivity index (χ1) is 9.29. The van der Waals surface area contributed by atoms with E-state index in [0.717, 1.165) is 11.3 Å². The molecule has 0 aliphatic heterocycles. The molecule has 0 aromatic heterocycles. The number of methoxy groups -OCH3 is 1. The number of esters is 1. The summed E-state index contributed by atoms with van der Waals surface area (Å²) in [6, 6.07) is 4.27. The van der Waals surface area contributed by atoms with Gasteiger partial charge in [0.2, 0.25) is 0 Å². The molecule has 1 rings (SSSR count). The minimum Gasteiger partial charge on any atom is -0.493 e. The third-order valence-corrected chi connectivity index (χ3v) is 3.23. The molecule has 1 aromatic carbocycles. The van der Waals surface area contributed by atoms with E-state index in [0.29, 0.717) is 19.4 Å². The zero-order chi connectivity index (χ0) is 15.3. The summed E-state index contributed by atoms with van der Waals surface area (Å²) >= 11 is 0. The predicted molar refractivity (Wildman–Crippen MR) is 81.4 cm³/mol. The first kappa shape index (κ1) is 16.5. The van der Waals surface area contributed by atoms with Crippen molar-refractivity contribution in [3.8, 4) is 5.75 Å². The zero-order valence-corrected chi connectivity index (χ0v) is 13.5. The summed E-state index contributed by atoms with van der Waals surface area (Å²) in [5, 5.41) is 0. The fraction of sp³-hybridized carbons (Fsp3) is 0.588. The summed E-state index contributed by atoms with van der Waals surface area (Å²) in [7, 11) is 1.42. The lowest BCUT2D eigenvalue weighted by Gasteiger charge is -2.25. The quantitative estimate of drug-likeness (QED) is 0.769. The molecule has 3 heteroatoms. The summed E-state index contributed by atoms with van der Waals surface area (Å²) in [4.78, 5) is 11.4. The van der Waals surface area contributed by atoms with Gasteiger partial charge in [-0.05, 0) is 31.2 Å². The molecule has 1 aromatic rings. The Labute approximate surface area is 122 Å². The maximum absolute atomic E-state index is 11.4. The predicted octanol–water partition coefficient (Wildman–Crippen LogP) is 3.80. The molecule has 0 atom stereocenters. The molecule has 112 valence electrons. The molecule has 0 spiro atoms. The summed E-state index contributed by atoms with van der Waals surface area (Å²) < 4.78 is 10.6. The lowest BCUT2D eigenvalue weighted by Crippen LogP contribution is -2.16. The van der Waals surface area contributed by atoms with Gasteiger partial charge in [0.1, 0.15) is 5.75 Å². The third-order valence-electron chi connectivity index (χ3n) is 3.23. The van der Waals surface area contributed by atoms with Crippen molar-refractivity contribution in [2.75, 3.05) is 13.7 Å². The highest BCUT2D eigenvalue weighted by Gasteiger charge is 2.22. The van der Waals surface area contributed by atoms with Crippen LogP contribution in [0.15, 0.2) is 12.1 Å². The van der Waals surface area contributed by atoms with Gasteiger partial charge in [-0.2, -0.15) is 0 Å². The summed E-state index contributed by atoms with van der Waals surface area (Å²) in [6.45, 7) is 11.2. The third kappa shape index (κ3) is 4.26. The molecule has 0 aliphatic carbocycles. The van der Waals surface area contributed by atoms with Crippen molar-refractivity contribution in [1.82, 2.24) is 0 Å². The summed E-state index contributed by atoms with van der Waals surface area (Å²) in [5.41, 5.74) is 3.48. The topological polar surface area (TPSA) is 35.5 Å². The van der Waals surface area contributed by atoms with Gasteiger partial charge in [-0.15, -0.1) is 0 Å². The van der Waals surface area contributed by atoms with E-state index in [2.05, 4.69) is 39.8 Å². The number of carbonyl (C=O) groups is 1. The molecule has 0 amide bonds. The zero-order valence-electron chi connectivity index (χ0n) is 13.5. The van der Waals surface area contributed by atoms with Crippen molar-refractivity contribution in [2.24, 2.45) is 0 Å². The highest BCUT2D eigenvalue weighted by atomic mass is 16.5. The lowest BCUT2D eigenvalue weighted by molar-refractivity contribution is -0.140. The van der Waals surface area contributed by atoms with Crippen LogP contribution in [0.5, 0.6) is 5.75 Å². The summed E-state index contributed by atoms with van der Waals surface area (Å²) in [5.74, 6) is 0.737. The monoisotopic (exact) mass is 278 g/mol. The molecule has 3 nitrogen and oxygen atoms in total. The van der Waals surface area contributed by atoms with Crippen LogP contribution >= 0.6 is 0 Å². The van der Waals surface area contributed by atoms with Crippen molar-refractivity contribution in [3.63, 3.8) is 0 Å². The average Bonchev–Trinajstić information content (AvgIpc) is 2.37. The molecular weight excluding hydrogens is 252 g/mol. The Hall–Kier alpha value is -1.51. The molecule has 0 fully saturated rings. The van der Waals surface area contributed by atoms with Crippen LogP contribution in [0.4, 0.5) is 0 Å². The molecule has 0 heterocycles. The van der Waals surface area contributed by atoms with E-state index in [1.807, 2.05) is 6.92 Å². The molecule has 0 radical (unpaired) electrons. The van der Waals surface area contributed by atoms with Gasteiger partial charge in [0.15, 0.2) is 0 Å². The Balaban J connectivity index is 3.20. The van der Waals surface area contributed by atoms with E-state index in [1.165, 1.54) is 18.2 Å². The number of hydrogen-bond donors (Lipinski definition) is 0. The van der Waals surface area contributed by atoms with Gasteiger partial charge in [-0.1, -0.05) is 38.5 Å². The number of rotatable bonds is 5. The largest absolute Gasteiger partial charge is 0.493 e. The normalized spacial score (nSPS) is 11.3. The molecule has 0 unspecified atom stereocenters. The van der Waals surface area contributed by atoms with Gasteiger partial charge in [0.25, 0.3) is 0 Å². The second kappa shape index (κ2) is 6.78. The average molecular weight is 278 g/mol. The minimum atomic E-state index is -0.189. The van der Waals surface area contributed by atoms with E-state index in [-0.39, 0.29) is 11.4 Å². The van der Waals surface area contributed by atoms with Crippen LogP contribution in [-0.4, -0.2) is 19.7 Å². The first-order valence-electron chi connectivity index (χ1n) is 7.13. The van der Waals surface area contributed by atoms with E-state index >= 15 is 0 Å². The number of benzene rings is 1. The number of aryl methyl sites for hydroxylation is 2. The second-order valence-electron chi connectivity index (χ2n) is 6.06. The maximum Gasteiger partial charge on any atom is 0.305 e. The summed E-state index contributed by atoms with van der Waals surface area (Å²) in [6.07, 6.45) is 1.02. The van der Waals surface area contributed by atoms with E-state index in [4.69, 9.17) is 9.47 Å². The molecule has 0 saturated carbocycles. The second-order valence-corrected chi connectivity index (χ2v) is 6.06. The smallest absolute Gasteiger partial charge is 0.305 e. The van der Waals surface area contributed by atoms with Crippen LogP contribution < -0.4 is 4.74 Å². The van der Waals surface area contributed by atoms with Crippen LogP contribution in [0.3, 0.4) is 0 Å². The molecule has 0 N–H and O–H groups in total. The van der Waals surface area contributed by atoms with Crippen LogP contribution in [-0.2, 0) is 21.4 Å². The molecular formula is C17H26O3. The van der Waals surface area contributed by atoms with Crippen molar-refractivity contribution in [2.45, 2.75) is 52.9 Å². The van der Waals surface area contributed by atoms with Crippen molar-refractivity contribution >= 4 is 5.97 Å². The highest BCUT2D eigenvalue weighted by Crippen LogP contribution is 2.36. The standard InChI is InChI=1S/C17H26O3/c1-7-20-16-13(8-9-15(18)19-6)10-12(2)11-14(16)17(3,4)5/h10-11H,7-9H2,1-6H3. The SMILES string of the molecule is CCOc1c(CCC(=O)OC)cc(C)cc1C(C)(C)C. The van der Waals surface area contributed by atoms with Gasteiger partial charge >= 0.3 is 5.97 Å². The van der Waals surface area contributed by atoms with E-state index in [1.54, 1.807) is 0 Å². The van der Waals surface area contributed by atoms with Gasteiger partial charge in [0.05, 0.1) is 13.7 Å². The van der Waals surface area contributed by atoms with Crippen molar-refractivity contribution in [3.05, 3.63) is 28.8 Å². The maximum atomic E-state index is 11.4. The number of carbonyl (C=O) groups excluding carboxylic acids is 1. The van der Waals surface area contributed by atoms with Gasteiger partial charge in [-0.3, -0.25) is 4.79 Å². The first-order valence-corrected chi connectivity index (χ1v) is 7.13. The Bertz CT molecular complexity index is 470. The lowest BCUT2D eigenvalue weighted by atomic mass is 9.83. The Kier molecular flexibility index (Phi) is 5.61. The van der Waals surface area contributed by atoms with Crippen molar-refractivity contribution in [1.29, 1.82) is 0 Å². The number of hydrogen-bond acceptors (Lipinski definition) is 3. The molecule has 20 heavy (non-hydrogen) atoms. The van der Waals surface area contributed by atoms with Crippen LogP contribution in [0.1, 0.15) is 50.8 Å². The fourth-order valence-corrected chi connectivity index (χ4v) is 2.24.